The van der Waals surface area contributed by atoms with Crippen molar-refractivity contribution in [1.82, 2.24) is 0 Å². The first-order valence-electron chi connectivity index (χ1n) is 10.4. The number of para-hydroxylation sites is 2. The Balaban J connectivity index is 2.09. The summed E-state index contributed by atoms with van der Waals surface area (Å²) in [4.78, 5) is 2.31. The van der Waals surface area contributed by atoms with Gasteiger partial charge in [-0.2, -0.15) is 0 Å². The first kappa shape index (κ1) is 20.9. The van der Waals surface area contributed by atoms with Gasteiger partial charge in [0.2, 0.25) is 0 Å². The van der Waals surface area contributed by atoms with Gasteiger partial charge in [-0.05, 0) is 52.7 Å². The van der Waals surface area contributed by atoms with Crippen molar-refractivity contribution < 1.29 is 0 Å². The zero-order valence-electron chi connectivity index (χ0n) is 18.4. The first-order chi connectivity index (χ1) is 13.8. The van der Waals surface area contributed by atoms with E-state index in [2.05, 4.69) is 137 Å². The zero-order valence-corrected chi connectivity index (χ0v) is 18.4. The van der Waals surface area contributed by atoms with E-state index in [4.69, 9.17) is 0 Å². The second-order valence-electron chi connectivity index (χ2n) is 9.57. The molecule has 1 nitrogen and oxygen atoms in total. The molecule has 3 aromatic carbocycles. The Morgan fingerprint density at radius 1 is 0.690 bits per heavy atom. The van der Waals surface area contributed by atoms with E-state index >= 15 is 0 Å². The molecule has 0 N–H and O–H groups in total. The van der Waals surface area contributed by atoms with Crippen LogP contribution in [0.4, 0.5) is 11.4 Å². The third-order valence-corrected chi connectivity index (χ3v) is 5.11. The largest absolute Gasteiger partial charge is 0.317 e. The summed E-state index contributed by atoms with van der Waals surface area (Å²) in [7, 11) is 0. The summed E-state index contributed by atoms with van der Waals surface area (Å²) < 4.78 is 0. The molecule has 0 radical (unpaired) electrons. The SMILES string of the molecule is CC(C)(C)CC(C)(C)c1ccccc1N(C=Cc1ccccc1)c1ccccc1. The van der Waals surface area contributed by atoms with Crippen LogP contribution in [0.5, 0.6) is 0 Å². The molecule has 0 unspecified atom stereocenters. The van der Waals surface area contributed by atoms with Crippen molar-refractivity contribution in [3.05, 3.63) is 102 Å². The Hall–Kier alpha value is -2.80. The second-order valence-corrected chi connectivity index (χ2v) is 9.57. The fourth-order valence-electron chi connectivity index (χ4n) is 4.30. The van der Waals surface area contributed by atoms with E-state index in [1.165, 1.54) is 22.5 Å². The molecule has 150 valence electrons. The minimum absolute atomic E-state index is 0.0580. The van der Waals surface area contributed by atoms with Crippen LogP contribution in [0.1, 0.15) is 52.2 Å². The van der Waals surface area contributed by atoms with Gasteiger partial charge in [-0.25, -0.2) is 0 Å². The number of hydrogen-bond acceptors (Lipinski definition) is 1. The van der Waals surface area contributed by atoms with Crippen LogP contribution in [-0.2, 0) is 5.41 Å². The van der Waals surface area contributed by atoms with Gasteiger partial charge in [0, 0.05) is 17.6 Å². The smallest absolute Gasteiger partial charge is 0.0492 e. The number of anilines is 2. The van der Waals surface area contributed by atoms with E-state index in [1.807, 2.05) is 0 Å². The molecule has 3 rings (SSSR count). The summed E-state index contributed by atoms with van der Waals surface area (Å²) in [6.07, 6.45) is 5.49. The molecular formula is C28H33N. The van der Waals surface area contributed by atoms with Gasteiger partial charge in [-0.15, -0.1) is 0 Å². The minimum atomic E-state index is 0.0580. The van der Waals surface area contributed by atoms with E-state index in [0.29, 0.717) is 0 Å². The first-order valence-corrected chi connectivity index (χ1v) is 10.4. The molecule has 0 bridgehead atoms. The van der Waals surface area contributed by atoms with Crippen LogP contribution < -0.4 is 4.90 Å². The molecule has 3 aromatic rings. The van der Waals surface area contributed by atoms with Crippen molar-refractivity contribution in [3.63, 3.8) is 0 Å². The maximum absolute atomic E-state index is 2.36. The van der Waals surface area contributed by atoms with Crippen LogP contribution >= 0.6 is 0 Å². The zero-order chi connectivity index (χ0) is 20.9. The fourth-order valence-corrected chi connectivity index (χ4v) is 4.30. The predicted octanol–water partition coefficient (Wildman–Crippen LogP) is 8.21. The Bertz CT molecular complexity index is 931. The second kappa shape index (κ2) is 8.69. The maximum Gasteiger partial charge on any atom is 0.0492 e. The van der Waals surface area contributed by atoms with Gasteiger partial charge in [0.1, 0.15) is 0 Å². The molecule has 0 amide bonds. The van der Waals surface area contributed by atoms with E-state index < -0.39 is 0 Å². The van der Waals surface area contributed by atoms with E-state index in [0.717, 1.165) is 6.42 Å². The lowest BCUT2D eigenvalue weighted by molar-refractivity contribution is 0.284. The molecule has 29 heavy (non-hydrogen) atoms. The molecule has 0 aliphatic carbocycles. The maximum atomic E-state index is 2.36. The highest BCUT2D eigenvalue weighted by atomic mass is 15.1. The van der Waals surface area contributed by atoms with Crippen molar-refractivity contribution in [2.24, 2.45) is 5.41 Å². The van der Waals surface area contributed by atoms with Crippen molar-refractivity contribution in [2.45, 2.75) is 46.5 Å². The standard InChI is InChI=1S/C28H33N/c1-27(2,3)22-28(4,5)25-18-12-13-19-26(25)29(24-16-10-7-11-17-24)21-20-23-14-8-6-9-15-23/h6-21H,22H2,1-5H3. The van der Waals surface area contributed by atoms with Crippen molar-refractivity contribution in [1.29, 1.82) is 0 Å². The average molecular weight is 384 g/mol. The van der Waals surface area contributed by atoms with Gasteiger partial charge >= 0.3 is 0 Å². The molecule has 1 heteroatoms. The highest BCUT2D eigenvalue weighted by Crippen LogP contribution is 2.42. The molecule has 0 aliphatic rings. The van der Waals surface area contributed by atoms with Crippen LogP contribution in [0.3, 0.4) is 0 Å². The van der Waals surface area contributed by atoms with Crippen molar-refractivity contribution in [2.75, 3.05) is 4.90 Å². The number of nitrogens with zero attached hydrogens (tertiary/aromatic N) is 1. The highest BCUT2D eigenvalue weighted by Gasteiger charge is 2.30. The minimum Gasteiger partial charge on any atom is -0.317 e. The summed E-state index contributed by atoms with van der Waals surface area (Å²) in [5.74, 6) is 0. The van der Waals surface area contributed by atoms with Crippen molar-refractivity contribution >= 4 is 17.5 Å². The summed E-state index contributed by atoms with van der Waals surface area (Å²) in [6.45, 7) is 11.7. The third-order valence-electron chi connectivity index (χ3n) is 5.11. The highest BCUT2D eigenvalue weighted by molar-refractivity contribution is 5.72. The van der Waals surface area contributed by atoms with Gasteiger partial charge in [0.25, 0.3) is 0 Å². The average Bonchev–Trinajstić information content (AvgIpc) is 2.68. The van der Waals surface area contributed by atoms with Crippen LogP contribution in [0.2, 0.25) is 0 Å². The van der Waals surface area contributed by atoms with Gasteiger partial charge in [0.05, 0.1) is 0 Å². The molecule has 0 heterocycles. The summed E-state index contributed by atoms with van der Waals surface area (Å²) >= 11 is 0. The lowest BCUT2D eigenvalue weighted by Gasteiger charge is -2.36. The normalized spacial score (nSPS) is 12.3. The molecule has 0 saturated heterocycles. The molecule has 0 spiro atoms. The fraction of sp³-hybridized carbons (Fsp3) is 0.286. The van der Waals surface area contributed by atoms with Crippen LogP contribution in [-0.4, -0.2) is 0 Å². The van der Waals surface area contributed by atoms with Crippen LogP contribution in [0.25, 0.3) is 6.08 Å². The topological polar surface area (TPSA) is 3.24 Å². The molecule has 0 aliphatic heterocycles. The molecular weight excluding hydrogens is 350 g/mol. The number of rotatable bonds is 6. The Morgan fingerprint density at radius 3 is 1.86 bits per heavy atom. The summed E-state index contributed by atoms with van der Waals surface area (Å²) in [5.41, 5.74) is 5.28. The van der Waals surface area contributed by atoms with Gasteiger partial charge in [-0.1, -0.05) is 101 Å². The summed E-state index contributed by atoms with van der Waals surface area (Å²) in [6, 6.07) is 29.9. The lowest BCUT2D eigenvalue weighted by Crippen LogP contribution is -2.27. The van der Waals surface area contributed by atoms with E-state index in [1.54, 1.807) is 0 Å². The van der Waals surface area contributed by atoms with Crippen LogP contribution in [0.15, 0.2) is 91.1 Å². The lowest BCUT2D eigenvalue weighted by atomic mass is 9.71. The number of hydrogen-bond donors (Lipinski definition) is 0. The number of benzene rings is 3. The Morgan fingerprint density at radius 2 is 1.24 bits per heavy atom. The van der Waals surface area contributed by atoms with Gasteiger partial charge in [-0.3, -0.25) is 0 Å². The van der Waals surface area contributed by atoms with Crippen molar-refractivity contribution in [3.8, 4) is 0 Å². The predicted molar refractivity (Wildman–Crippen MR) is 128 cm³/mol. The Kier molecular flexibility index (Phi) is 6.27. The quantitative estimate of drug-likeness (QED) is 0.414. The molecule has 0 atom stereocenters. The molecule has 0 saturated carbocycles. The third kappa shape index (κ3) is 5.60. The van der Waals surface area contributed by atoms with E-state index in [9.17, 15) is 0 Å². The van der Waals surface area contributed by atoms with Gasteiger partial charge < -0.3 is 4.90 Å². The monoisotopic (exact) mass is 383 g/mol. The van der Waals surface area contributed by atoms with E-state index in [-0.39, 0.29) is 10.8 Å². The molecule has 0 aromatic heterocycles. The molecule has 0 fully saturated rings. The Labute approximate surface area is 176 Å². The van der Waals surface area contributed by atoms with Crippen LogP contribution in [0, 0.1) is 5.41 Å². The summed E-state index contributed by atoms with van der Waals surface area (Å²) in [5, 5.41) is 0. The van der Waals surface area contributed by atoms with Gasteiger partial charge in [0.15, 0.2) is 0 Å².